The van der Waals surface area contributed by atoms with Gasteiger partial charge in [-0.3, -0.25) is 4.79 Å². The van der Waals surface area contributed by atoms with Crippen molar-refractivity contribution in [1.82, 2.24) is 0 Å². The summed E-state index contributed by atoms with van der Waals surface area (Å²) in [6.45, 7) is 35.3. The molecule has 1 saturated carbocycles. The molecule has 1 aromatic rings. The van der Waals surface area contributed by atoms with Gasteiger partial charge in [0.2, 0.25) is 0 Å². The van der Waals surface area contributed by atoms with Crippen LogP contribution < -0.4 is 0 Å². The molecular formula is C42H76O5Si3. The van der Waals surface area contributed by atoms with Crippen molar-refractivity contribution in [3.63, 3.8) is 0 Å². The first kappa shape index (κ1) is 44.9. The summed E-state index contributed by atoms with van der Waals surface area (Å²) in [4.78, 5) is 11.7. The highest BCUT2D eigenvalue weighted by Crippen LogP contribution is 2.48. The van der Waals surface area contributed by atoms with E-state index >= 15 is 0 Å². The summed E-state index contributed by atoms with van der Waals surface area (Å²) in [5, 5.41) is 0.347. The van der Waals surface area contributed by atoms with E-state index in [0.29, 0.717) is 6.42 Å². The zero-order valence-corrected chi connectivity index (χ0v) is 38.1. The molecule has 0 unspecified atom stereocenters. The molecule has 8 heteroatoms. The molecule has 0 aromatic heterocycles. The third kappa shape index (κ3) is 13.3. The van der Waals surface area contributed by atoms with Crippen LogP contribution in [0, 0.1) is 11.8 Å². The maximum atomic E-state index is 11.7. The predicted octanol–water partition coefficient (Wildman–Crippen LogP) is 12.3. The van der Waals surface area contributed by atoms with E-state index in [4.69, 9.17) is 18.0 Å². The van der Waals surface area contributed by atoms with Gasteiger partial charge in [-0.2, -0.15) is 0 Å². The fourth-order valence-corrected chi connectivity index (χ4v) is 9.88. The fourth-order valence-electron chi connectivity index (χ4n) is 5.83. The third-order valence-corrected chi connectivity index (χ3v) is 25.8. The first-order chi connectivity index (χ1) is 22.8. The quantitative estimate of drug-likeness (QED) is 0.0688. The number of esters is 1. The standard InChI is InChI=1S/C42H76O5Si3/c1-40(2,3)48(11,12)45-34(29-28-33-24-20-19-21-25-33)30-31-36-35(26-22-17-18-23-27-39(43)44-10)37(46-49(13,14)41(4,5)6)32-38(36)47-50(15,16)42(7,8)9/h17,19-22,24-25,30-31,34-38H,18,23,26-29,32H2,1-16H3/b22-17+,31-30+/t34-,35+,36+,37-,38+/m0/s1. The van der Waals surface area contributed by atoms with Gasteiger partial charge in [-0.1, -0.05) is 117 Å². The maximum absolute atomic E-state index is 11.7. The summed E-state index contributed by atoms with van der Waals surface area (Å²) >= 11 is 0. The van der Waals surface area contributed by atoms with Crippen LogP contribution in [0.25, 0.3) is 0 Å². The number of hydrogen-bond acceptors (Lipinski definition) is 5. The molecule has 1 aliphatic rings. The van der Waals surface area contributed by atoms with Gasteiger partial charge in [0.1, 0.15) is 0 Å². The highest BCUT2D eigenvalue weighted by atomic mass is 28.4. The lowest BCUT2D eigenvalue weighted by atomic mass is 9.89. The average Bonchev–Trinajstić information content (AvgIpc) is 3.28. The Bertz CT molecular complexity index is 1230. The van der Waals surface area contributed by atoms with Gasteiger partial charge in [0.05, 0.1) is 25.4 Å². The molecule has 1 fully saturated rings. The molecule has 0 aliphatic heterocycles. The molecule has 0 N–H and O–H groups in total. The number of carbonyl (C=O) groups is 1. The van der Waals surface area contributed by atoms with Crippen molar-refractivity contribution < 1.29 is 22.8 Å². The Morgan fingerprint density at radius 1 is 0.800 bits per heavy atom. The summed E-state index contributed by atoms with van der Waals surface area (Å²) in [6.07, 6.45) is 15.6. The van der Waals surface area contributed by atoms with Gasteiger partial charge in [0.15, 0.2) is 25.0 Å². The van der Waals surface area contributed by atoms with E-state index in [-0.39, 0.29) is 51.2 Å². The van der Waals surface area contributed by atoms with Crippen LogP contribution in [0.1, 0.15) is 106 Å². The predicted molar refractivity (Wildman–Crippen MR) is 221 cm³/mol. The van der Waals surface area contributed by atoms with Crippen LogP contribution in [0.5, 0.6) is 0 Å². The zero-order valence-electron chi connectivity index (χ0n) is 35.1. The van der Waals surface area contributed by atoms with E-state index in [1.165, 1.54) is 12.7 Å². The minimum atomic E-state index is -2.07. The topological polar surface area (TPSA) is 54.0 Å². The van der Waals surface area contributed by atoms with Gasteiger partial charge >= 0.3 is 5.97 Å². The SMILES string of the molecule is COC(=O)CCC/C=C/C[C@@H]1[C@@H](/C=C/[C@H](CCc2ccccc2)O[Si](C)(C)C(C)(C)C)[C@H](O[Si](C)(C)C(C)(C)C)C[C@@H]1O[Si](C)(C)C(C)(C)C. The van der Waals surface area contributed by atoms with E-state index in [9.17, 15) is 4.79 Å². The van der Waals surface area contributed by atoms with E-state index in [2.05, 4.69) is 156 Å². The monoisotopic (exact) mass is 745 g/mol. The molecule has 5 nitrogen and oxygen atoms in total. The molecule has 0 spiro atoms. The Labute approximate surface area is 311 Å². The zero-order chi connectivity index (χ0) is 38.2. The van der Waals surface area contributed by atoms with Crippen LogP contribution in [-0.2, 0) is 29.2 Å². The highest BCUT2D eigenvalue weighted by molar-refractivity contribution is 6.75. The molecule has 0 amide bonds. The van der Waals surface area contributed by atoms with Gasteiger partial charge < -0.3 is 18.0 Å². The first-order valence-corrected chi connectivity index (χ1v) is 28.0. The second-order valence-corrected chi connectivity index (χ2v) is 33.6. The number of carbonyl (C=O) groups excluding carboxylic acids is 1. The van der Waals surface area contributed by atoms with Gasteiger partial charge in [0, 0.05) is 12.3 Å². The average molecular weight is 745 g/mol. The van der Waals surface area contributed by atoms with Crippen molar-refractivity contribution in [3.8, 4) is 0 Å². The van der Waals surface area contributed by atoms with Gasteiger partial charge in [0.25, 0.3) is 0 Å². The van der Waals surface area contributed by atoms with Gasteiger partial charge in [-0.05, 0) is 104 Å². The Morgan fingerprint density at radius 2 is 1.34 bits per heavy atom. The van der Waals surface area contributed by atoms with Crippen LogP contribution in [0.2, 0.25) is 54.4 Å². The number of rotatable bonds is 17. The van der Waals surface area contributed by atoms with Crippen molar-refractivity contribution in [2.24, 2.45) is 11.8 Å². The summed E-state index contributed by atoms with van der Waals surface area (Å²) < 4.78 is 26.7. The number of ether oxygens (including phenoxy) is 1. The normalized spacial score (nSPS) is 22.1. The van der Waals surface area contributed by atoms with Crippen LogP contribution >= 0.6 is 0 Å². The molecule has 0 bridgehead atoms. The molecule has 50 heavy (non-hydrogen) atoms. The van der Waals surface area contributed by atoms with Crippen LogP contribution in [-0.4, -0.2) is 56.3 Å². The second-order valence-electron chi connectivity index (χ2n) is 19.3. The molecule has 0 heterocycles. The third-order valence-electron chi connectivity index (χ3n) is 12.3. The molecule has 0 saturated heterocycles. The fraction of sp³-hybridized carbons (Fsp3) is 0.738. The van der Waals surface area contributed by atoms with Crippen molar-refractivity contribution >= 4 is 30.9 Å². The molecule has 0 radical (unpaired) electrons. The number of methoxy groups -OCH3 is 1. The van der Waals surface area contributed by atoms with E-state index < -0.39 is 25.0 Å². The largest absolute Gasteiger partial charge is 0.469 e. The molecule has 286 valence electrons. The highest BCUT2D eigenvalue weighted by Gasteiger charge is 2.50. The molecule has 1 aromatic carbocycles. The minimum Gasteiger partial charge on any atom is -0.469 e. The summed E-state index contributed by atoms with van der Waals surface area (Å²) in [5.74, 6) is 0.352. The lowest BCUT2D eigenvalue weighted by molar-refractivity contribution is -0.140. The van der Waals surface area contributed by atoms with Crippen molar-refractivity contribution in [2.75, 3.05) is 7.11 Å². The summed E-state index contributed by atoms with van der Waals surface area (Å²) in [5.41, 5.74) is 1.35. The van der Waals surface area contributed by atoms with E-state index in [0.717, 1.165) is 38.5 Å². The summed E-state index contributed by atoms with van der Waals surface area (Å²) in [6, 6.07) is 10.8. The maximum Gasteiger partial charge on any atom is 0.305 e. The number of allylic oxidation sites excluding steroid dienone is 2. The van der Waals surface area contributed by atoms with Crippen LogP contribution in [0.3, 0.4) is 0 Å². The molecule has 5 atom stereocenters. The number of hydrogen-bond donors (Lipinski definition) is 0. The number of benzene rings is 1. The Kier molecular flexibility index (Phi) is 16.3. The summed E-state index contributed by atoms with van der Waals surface area (Å²) in [7, 11) is -4.70. The Hall–Kier alpha value is -1.30. The second kappa shape index (κ2) is 18.2. The van der Waals surface area contributed by atoms with Crippen molar-refractivity contribution in [1.29, 1.82) is 0 Å². The van der Waals surface area contributed by atoms with Crippen LogP contribution in [0.15, 0.2) is 54.6 Å². The molecule has 2 rings (SSSR count). The molecular weight excluding hydrogens is 669 g/mol. The number of aryl methyl sites for hydroxylation is 1. The first-order valence-electron chi connectivity index (χ1n) is 19.3. The van der Waals surface area contributed by atoms with Gasteiger partial charge in [-0.15, -0.1) is 0 Å². The smallest absolute Gasteiger partial charge is 0.305 e. The van der Waals surface area contributed by atoms with Crippen molar-refractivity contribution in [3.05, 3.63) is 60.2 Å². The van der Waals surface area contributed by atoms with Crippen LogP contribution in [0.4, 0.5) is 0 Å². The Morgan fingerprint density at radius 3 is 1.86 bits per heavy atom. The van der Waals surface area contributed by atoms with E-state index in [1.807, 2.05) is 0 Å². The van der Waals surface area contributed by atoms with E-state index in [1.54, 1.807) is 0 Å². The number of unbranched alkanes of at least 4 members (excludes halogenated alkanes) is 1. The minimum absolute atomic E-state index is 0.0273. The lowest BCUT2D eigenvalue weighted by Crippen LogP contribution is -2.45. The lowest BCUT2D eigenvalue weighted by Gasteiger charge is -2.40. The van der Waals surface area contributed by atoms with Crippen molar-refractivity contribution in [2.45, 2.75) is 180 Å². The molecule has 1 aliphatic carbocycles. The van der Waals surface area contributed by atoms with Gasteiger partial charge in [-0.25, -0.2) is 0 Å². The Balaban J connectivity index is 2.57.